The van der Waals surface area contributed by atoms with E-state index < -0.39 is 0 Å². The first-order chi connectivity index (χ1) is 9.34. The number of benzene rings is 1. The van der Waals surface area contributed by atoms with Crippen molar-refractivity contribution in [3.8, 4) is 0 Å². The average Bonchev–Trinajstić information content (AvgIpc) is 2.98. The summed E-state index contributed by atoms with van der Waals surface area (Å²) < 4.78 is 11.1. The Hall–Kier alpha value is -1.39. The summed E-state index contributed by atoms with van der Waals surface area (Å²) in [6, 6.07) is 9.75. The number of ether oxygens (including phenoxy) is 1. The van der Waals surface area contributed by atoms with E-state index in [4.69, 9.17) is 20.8 Å². The Labute approximate surface area is 116 Å². The van der Waals surface area contributed by atoms with Gasteiger partial charge in [0.2, 0.25) is 11.8 Å². The number of hydrogen-bond donors (Lipinski definition) is 0. The van der Waals surface area contributed by atoms with E-state index in [1.165, 1.54) is 0 Å². The zero-order valence-corrected chi connectivity index (χ0v) is 11.2. The van der Waals surface area contributed by atoms with Gasteiger partial charge in [0.1, 0.15) is 5.38 Å². The van der Waals surface area contributed by atoms with Crippen LogP contribution in [0.4, 0.5) is 0 Å². The van der Waals surface area contributed by atoms with Crippen LogP contribution in [0.5, 0.6) is 0 Å². The first-order valence-corrected chi connectivity index (χ1v) is 6.88. The molecule has 1 aliphatic rings. The highest BCUT2D eigenvalue weighted by Crippen LogP contribution is 2.31. The standard InChI is InChI=1S/C14H15ClN2O2/c15-12(10-4-2-1-3-5-10)14-17-16-13(19-14)11-6-8-18-9-7-11/h1-5,11-12H,6-9H2. The van der Waals surface area contributed by atoms with Crippen molar-refractivity contribution in [2.45, 2.75) is 24.1 Å². The van der Waals surface area contributed by atoms with Crippen LogP contribution in [0.3, 0.4) is 0 Å². The maximum Gasteiger partial charge on any atom is 0.238 e. The highest BCUT2D eigenvalue weighted by atomic mass is 35.5. The van der Waals surface area contributed by atoms with Crippen LogP contribution in [0.2, 0.25) is 0 Å². The molecule has 2 aromatic rings. The smallest absolute Gasteiger partial charge is 0.238 e. The van der Waals surface area contributed by atoms with E-state index in [2.05, 4.69) is 10.2 Å². The van der Waals surface area contributed by atoms with Crippen LogP contribution < -0.4 is 0 Å². The molecule has 0 amide bonds. The van der Waals surface area contributed by atoms with E-state index in [0.717, 1.165) is 31.6 Å². The minimum absolute atomic E-state index is 0.301. The Balaban J connectivity index is 1.77. The summed E-state index contributed by atoms with van der Waals surface area (Å²) in [7, 11) is 0. The van der Waals surface area contributed by atoms with Gasteiger partial charge in [-0.1, -0.05) is 30.3 Å². The van der Waals surface area contributed by atoms with Gasteiger partial charge in [-0.15, -0.1) is 21.8 Å². The van der Waals surface area contributed by atoms with Gasteiger partial charge in [0.15, 0.2) is 0 Å². The molecule has 0 spiro atoms. The predicted octanol–water partition coefficient (Wildman–Crippen LogP) is 3.29. The SMILES string of the molecule is ClC(c1ccccc1)c1nnc(C2CCOCC2)o1. The molecule has 1 saturated heterocycles. The first-order valence-electron chi connectivity index (χ1n) is 6.44. The highest BCUT2D eigenvalue weighted by Gasteiger charge is 2.24. The van der Waals surface area contributed by atoms with Gasteiger partial charge in [0, 0.05) is 19.1 Å². The number of alkyl halides is 1. The minimum atomic E-state index is -0.387. The van der Waals surface area contributed by atoms with Crippen molar-refractivity contribution in [3.05, 3.63) is 47.7 Å². The molecule has 1 fully saturated rings. The van der Waals surface area contributed by atoms with Crippen molar-refractivity contribution < 1.29 is 9.15 Å². The summed E-state index contributed by atoms with van der Waals surface area (Å²) >= 11 is 6.36. The number of halogens is 1. The highest BCUT2D eigenvalue weighted by molar-refractivity contribution is 6.22. The third kappa shape index (κ3) is 2.80. The van der Waals surface area contributed by atoms with Gasteiger partial charge < -0.3 is 9.15 Å². The number of hydrogen-bond acceptors (Lipinski definition) is 4. The van der Waals surface area contributed by atoms with Crippen LogP contribution in [0.25, 0.3) is 0 Å². The lowest BCUT2D eigenvalue weighted by molar-refractivity contribution is 0.0791. The number of rotatable bonds is 3. The summed E-state index contributed by atoms with van der Waals surface area (Å²) in [4.78, 5) is 0. The second-order valence-electron chi connectivity index (χ2n) is 4.64. The molecule has 3 rings (SSSR count). The molecule has 1 aromatic carbocycles. The van der Waals surface area contributed by atoms with Crippen LogP contribution >= 0.6 is 11.6 Å². The normalized spacial score (nSPS) is 18.4. The van der Waals surface area contributed by atoms with Gasteiger partial charge in [-0.2, -0.15) is 0 Å². The van der Waals surface area contributed by atoms with Crippen molar-refractivity contribution in [2.24, 2.45) is 0 Å². The second-order valence-corrected chi connectivity index (χ2v) is 5.07. The van der Waals surface area contributed by atoms with E-state index in [1.807, 2.05) is 30.3 Å². The van der Waals surface area contributed by atoms with Gasteiger partial charge in [-0.3, -0.25) is 0 Å². The molecule has 5 heteroatoms. The van der Waals surface area contributed by atoms with E-state index in [1.54, 1.807) is 0 Å². The number of nitrogens with zero attached hydrogens (tertiary/aromatic N) is 2. The van der Waals surface area contributed by atoms with Crippen LogP contribution in [0.15, 0.2) is 34.7 Å². The summed E-state index contributed by atoms with van der Waals surface area (Å²) in [5, 5.41) is 7.82. The van der Waals surface area contributed by atoms with Gasteiger partial charge in [-0.05, 0) is 18.4 Å². The maximum absolute atomic E-state index is 6.36. The van der Waals surface area contributed by atoms with Crippen molar-refractivity contribution in [3.63, 3.8) is 0 Å². The summed E-state index contributed by atoms with van der Waals surface area (Å²) in [6.45, 7) is 1.51. The lowest BCUT2D eigenvalue weighted by Crippen LogP contribution is -2.14. The molecule has 0 bridgehead atoms. The lowest BCUT2D eigenvalue weighted by atomic mass is 10.0. The summed E-state index contributed by atoms with van der Waals surface area (Å²) in [5.74, 6) is 1.45. The molecule has 2 heterocycles. The van der Waals surface area contributed by atoms with Crippen molar-refractivity contribution in [2.75, 3.05) is 13.2 Å². The molecule has 0 N–H and O–H groups in total. The molecule has 1 unspecified atom stereocenters. The molecule has 0 radical (unpaired) electrons. The van der Waals surface area contributed by atoms with Gasteiger partial charge in [0.05, 0.1) is 0 Å². The zero-order chi connectivity index (χ0) is 13.1. The Morgan fingerprint density at radius 1 is 1.11 bits per heavy atom. The van der Waals surface area contributed by atoms with E-state index in [-0.39, 0.29) is 5.38 Å². The molecule has 100 valence electrons. The molecule has 4 nitrogen and oxygen atoms in total. The Kier molecular flexibility index (Phi) is 3.80. The largest absolute Gasteiger partial charge is 0.423 e. The number of aromatic nitrogens is 2. The molecule has 1 atom stereocenters. The van der Waals surface area contributed by atoms with Crippen molar-refractivity contribution >= 4 is 11.6 Å². The quantitative estimate of drug-likeness (QED) is 0.809. The second kappa shape index (κ2) is 5.72. The molecule has 1 aromatic heterocycles. The van der Waals surface area contributed by atoms with E-state index in [9.17, 15) is 0 Å². The third-order valence-corrected chi connectivity index (χ3v) is 3.77. The molecule has 19 heavy (non-hydrogen) atoms. The monoisotopic (exact) mass is 278 g/mol. The van der Waals surface area contributed by atoms with Gasteiger partial charge in [0.25, 0.3) is 0 Å². The summed E-state index contributed by atoms with van der Waals surface area (Å²) in [6.07, 6.45) is 1.86. The third-order valence-electron chi connectivity index (χ3n) is 3.34. The predicted molar refractivity (Wildman–Crippen MR) is 71.2 cm³/mol. The fourth-order valence-electron chi connectivity index (χ4n) is 2.22. The van der Waals surface area contributed by atoms with E-state index in [0.29, 0.717) is 17.7 Å². The van der Waals surface area contributed by atoms with Gasteiger partial charge in [-0.25, -0.2) is 0 Å². The van der Waals surface area contributed by atoms with Gasteiger partial charge >= 0.3 is 0 Å². The fraction of sp³-hybridized carbons (Fsp3) is 0.429. The van der Waals surface area contributed by atoms with Crippen molar-refractivity contribution in [1.82, 2.24) is 10.2 Å². The average molecular weight is 279 g/mol. The Bertz CT molecular complexity index is 523. The van der Waals surface area contributed by atoms with Crippen LogP contribution in [-0.4, -0.2) is 23.4 Å². The maximum atomic E-state index is 6.36. The molecule has 0 aliphatic carbocycles. The Morgan fingerprint density at radius 2 is 1.84 bits per heavy atom. The molecule has 1 aliphatic heterocycles. The summed E-state index contributed by atoms with van der Waals surface area (Å²) in [5.41, 5.74) is 0.964. The minimum Gasteiger partial charge on any atom is -0.423 e. The topological polar surface area (TPSA) is 48.2 Å². The lowest BCUT2D eigenvalue weighted by Gasteiger charge is -2.18. The first kappa shape index (κ1) is 12.6. The van der Waals surface area contributed by atoms with Crippen LogP contribution in [-0.2, 0) is 4.74 Å². The van der Waals surface area contributed by atoms with E-state index >= 15 is 0 Å². The Morgan fingerprint density at radius 3 is 2.58 bits per heavy atom. The molecular formula is C14H15ClN2O2. The van der Waals surface area contributed by atoms with Crippen LogP contribution in [0.1, 0.15) is 41.5 Å². The molecular weight excluding hydrogens is 264 g/mol. The van der Waals surface area contributed by atoms with Crippen molar-refractivity contribution in [1.29, 1.82) is 0 Å². The fourth-order valence-corrected chi connectivity index (χ4v) is 2.46. The van der Waals surface area contributed by atoms with Crippen LogP contribution in [0, 0.1) is 0 Å². The zero-order valence-electron chi connectivity index (χ0n) is 10.5. The molecule has 0 saturated carbocycles.